The molecule has 1 N–H and O–H groups in total. The number of rotatable bonds is 8. The molecule has 0 atom stereocenters. The highest BCUT2D eigenvalue weighted by atomic mass is 32.2. The molecule has 0 saturated carbocycles. The highest BCUT2D eigenvalue weighted by Gasteiger charge is 2.27. The Morgan fingerprint density at radius 2 is 1.71 bits per heavy atom. The van der Waals surface area contributed by atoms with E-state index in [9.17, 15) is 18.0 Å². The molecule has 31 heavy (non-hydrogen) atoms. The van der Waals surface area contributed by atoms with Crippen molar-refractivity contribution in [1.82, 2.24) is 4.31 Å². The maximum atomic E-state index is 13.0. The van der Waals surface area contributed by atoms with E-state index >= 15 is 0 Å². The van der Waals surface area contributed by atoms with Gasteiger partial charge in [-0.25, -0.2) is 8.42 Å². The second-order valence-electron chi connectivity index (χ2n) is 7.58. The predicted molar refractivity (Wildman–Crippen MR) is 119 cm³/mol. The molecule has 2 aromatic rings. The quantitative estimate of drug-likeness (QED) is 0.626. The summed E-state index contributed by atoms with van der Waals surface area (Å²) in [7, 11) is -3.60. The van der Waals surface area contributed by atoms with Crippen LogP contribution in [0.1, 0.15) is 48.5 Å². The zero-order chi connectivity index (χ0) is 22.4. The Bertz CT molecular complexity index is 1040. The Morgan fingerprint density at radius 3 is 2.35 bits per heavy atom. The number of anilines is 1. The standard InChI is InChI=1S/C23H28N2O5S/c1-3-21(26)18-8-11-20(12-9-18)30-16-23(27)24-19-10-7-17(2)22(15-19)31(28,29)25-13-5-4-6-14-25/h7-12,15H,3-6,13-14,16H2,1-2H3,(H,24,27). The highest BCUT2D eigenvalue weighted by molar-refractivity contribution is 7.89. The average molecular weight is 445 g/mol. The normalized spacial score (nSPS) is 14.8. The zero-order valence-corrected chi connectivity index (χ0v) is 18.7. The lowest BCUT2D eigenvalue weighted by Gasteiger charge is -2.26. The van der Waals surface area contributed by atoms with E-state index in [1.54, 1.807) is 50.2 Å². The van der Waals surface area contributed by atoms with Crippen LogP contribution < -0.4 is 10.1 Å². The number of nitrogens with one attached hydrogen (secondary N) is 1. The number of amides is 1. The first kappa shape index (κ1) is 23.0. The Kier molecular flexibility index (Phi) is 7.46. The van der Waals surface area contributed by atoms with Gasteiger partial charge in [0.1, 0.15) is 5.75 Å². The molecule has 1 heterocycles. The number of benzene rings is 2. The van der Waals surface area contributed by atoms with E-state index in [1.165, 1.54) is 10.4 Å². The minimum atomic E-state index is -3.60. The number of nitrogens with zero attached hydrogens (tertiary/aromatic N) is 1. The van der Waals surface area contributed by atoms with Crippen molar-refractivity contribution >= 4 is 27.4 Å². The number of ether oxygens (including phenoxy) is 1. The Labute approximate surface area is 183 Å². The molecule has 166 valence electrons. The molecule has 1 aliphatic rings. The highest BCUT2D eigenvalue weighted by Crippen LogP contribution is 2.26. The minimum Gasteiger partial charge on any atom is -0.484 e. The summed E-state index contributed by atoms with van der Waals surface area (Å²) in [6.07, 6.45) is 3.19. The van der Waals surface area contributed by atoms with Crippen LogP contribution in [0.4, 0.5) is 5.69 Å². The summed E-state index contributed by atoms with van der Waals surface area (Å²) < 4.78 is 33.0. The molecule has 8 heteroatoms. The first-order valence-corrected chi connectivity index (χ1v) is 11.9. The largest absolute Gasteiger partial charge is 0.484 e. The molecule has 1 fully saturated rings. The van der Waals surface area contributed by atoms with Gasteiger partial charge in [-0.05, 0) is 61.7 Å². The van der Waals surface area contributed by atoms with Crippen molar-refractivity contribution in [3.05, 3.63) is 53.6 Å². The van der Waals surface area contributed by atoms with Gasteiger partial charge in [-0.2, -0.15) is 4.31 Å². The summed E-state index contributed by atoms with van der Waals surface area (Å²) in [5.74, 6) is 0.109. The van der Waals surface area contributed by atoms with E-state index in [2.05, 4.69) is 5.32 Å². The van der Waals surface area contributed by atoms with Crippen molar-refractivity contribution in [3.8, 4) is 5.75 Å². The molecule has 2 aromatic carbocycles. The maximum absolute atomic E-state index is 13.0. The van der Waals surface area contributed by atoms with Crippen molar-refractivity contribution in [2.24, 2.45) is 0 Å². The van der Waals surface area contributed by atoms with Crippen LogP contribution in [0.15, 0.2) is 47.4 Å². The van der Waals surface area contributed by atoms with E-state index in [4.69, 9.17) is 4.74 Å². The van der Waals surface area contributed by atoms with Gasteiger partial charge < -0.3 is 10.1 Å². The number of Topliss-reactive ketones (excluding diaryl/α,β-unsaturated/α-hetero) is 1. The topological polar surface area (TPSA) is 92.8 Å². The van der Waals surface area contributed by atoms with E-state index in [1.807, 2.05) is 0 Å². The Balaban J connectivity index is 1.64. The first-order valence-electron chi connectivity index (χ1n) is 10.5. The molecule has 1 saturated heterocycles. The number of hydrogen-bond donors (Lipinski definition) is 1. The fourth-order valence-corrected chi connectivity index (χ4v) is 5.26. The van der Waals surface area contributed by atoms with Crippen LogP contribution in [0.5, 0.6) is 5.75 Å². The van der Waals surface area contributed by atoms with Crippen molar-refractivity contribution in [1.29, 1.82) is 0 Å². The van der Waals surface area contributed by atoms with Gasteiger partial charge in [0, 0.05) is 30.8 Å². The molecule has 0 radical (unpaired) electrons. The van der Waals surface area contributed by atoms with Crippen LogP contribution in [-0.4, -0.2) is 44.1 Å². The van der Waals surface area contributed by atoms with Gasteiger partial charge in [-0.15, -0.1) is 0 Å². The van der Waals surface area contributed by atoms with Crippen LogP contribution in [0, 0.1) is 6.92 Å². The van der Waals surface area contributed by atoms with Crippen LogP contribution in [0.25, 0.3) is 0 Å². The van der Waals surface area contributed by atoms with E-state index in [-0.39, 0.29) is 17.3 Å². The Morgan fingerprint density at radius 1 is 1.03 bits per heavy atom. The average Bonchev–Trinajstić information content (AvgIpc) is 2.79. The fourth-order valence-electron chi connectivity index (χ4n) is 3.49. The summed E-state index contributed by atoms with van der Waals surface area (Å²) >= 11 is 0. The van der Waals surface area contributed by atoms with E-state index in [0.29, 0.717) is 42.1 Å². The maximum Gasteiger partial charge on any atom is 0.262 e. The van der Waals surface area contributed by atoms with Crippen LogP contribution in [0.2, 0.25) is 0 Å². The SMILES string of the molecule is CCC(=O)c1ccc(OCC(=O)Nc2ccc(C)c(S(=O)(=O)N3CCCCC3)c2)cc1. The van der Waals surface area contributed by atoms with Crippen LogP contribution >= 0.6 is 0 Å². The zero-order valence-electron chi connectivity index (χ0n) is 17.9. The van der Waals surface area contributed by atoms with Crippen molar-refractivity contribution in [2.45, 2.75) is 44.4 Å². The molecule has 0 spiro atoms. The summed E-state index contributed by atoms with van der Waals surface area (Å²) in [4.78, 5) is 24.2. The number of sulfonamides is 1. The third-order valence-electron chi connectivity index (χ3n) is 5.27. The number of hydrogen-bond acceptors (Lipinski definition) is 5. The number of carbonyl (C=O) groups is 2. The summed E-state index contributed by atoms with van der Waals surface area (Å²) in [6, 6.07) is 11.5. The molecule has 0 aliphatic carbocycles. The van der Waals surface area contributed by atoms with Gasteiger partial charge in [0.15, 0.2) is 12.4 Å². The second kappa shape index (κ2) is 10.1. The molecular weight excluding hydrogens is 416 g/mol. The van der Waals surface area contributed by atoms with Gasteiger partial charge in [0.2, 0.25) is 10.0 Å². The van der Waals surface area contributed by atoms with E-state index < -0.39 is 15.9 Å². The number of ketones is 1. The number of aryl methyl sites for hydroxylation is 1. The van der Waals surface area contributed by atoms with E-state index in [0.717, 1.165) is 19.3 Å². The summed E-state index contributed by atoms with van der Waals surface area (Å²) in [5.41, 5.74) is 1.64. The lowest BCUT2D eigenvalue weighted by atomic mass is 10.1. The molecule has 7 nitrogen and oxygen atoms in total. The molecule has 3 rings (SSSR count). The monoisotopic (exact) mass is 444 g/mol. The van der Waals surface area contributed by atoms with Crippen LogP contribution in [0.3, 0.4) is 0 Å². The van der Waals surface area contributed by atoms with Crippen molar-refractivity contribution in [2.75, 3.05) is 25.0 Å². The van der Waals surface area contributed by atoms with Gasteiger partial charge in [0.05, 0.1) is 4.90 Å². The molecule has 1 amide bonds. The van der Waals surface area contributed by atoms with Gasteiger partial charge in [-0.1, -0.05) is 19.4 Å². The lowest BCUT2D eigenvalue weighted by molar-refractivity contribution is -0.118. The Hall–Kier alpha value is -2.71. The smallest absolute Gasteiger partial charge is 0.262 e. The third kappa shape index (κ3) is 5.71. The van der Waals surface area contributed by atoms with Crippen LogP contribution in [-0.2, 0) is 14.8 Å². The van der Waals surface area contributed by atoms with Gasteiger partial charge in [0.25, 0.3) is 5.91 Å². The molecule has 1 aliphatic heterocycles. The first-order chi connectivity index (χ1) is 14.8. The second-order valence-corrected chi connectivity index (χ2v) is 9.49. The fraction of sp³-hybridized carbons (Fsp3) is 0.391. The van der Waals surface area contributed by atoms with Crippen molar-refractivity contribution in [3.63, 3.8) is 0 Å². The molecular formula is C23H28N2O5S. The minimum absolute atomic E-state index is 0.0407. The number of carbonyl (C=O) groups excluding carboxylic acids is 2. The lowest BCUT2D eigenvalue weighted by Crippen LogP contribution is -2.36. The molecule has 0 unspecified atom stereocenters. The molecule has 0 aromatic heterocycles. The summed E-state index contributed by atoms with van der Waals surface area (Å²) in [5, 5.41) is 2.69. The van der Waals surface area contributed by atoms with Crippen molar-refractivity contribution < 1.29 is 22.7 Å². The van der Waals surface area contributed by atoms with Gasteiger partial charge in [-0.3, -0.25) is 9.59 Å². The third-order valence-corrected chi connectivity index (χ3v) is 7.31. The predicted octanol–water partition coefficient (Wildman–Crippen LogP) is 3.78. The summed E-state index contributed by atoms with van der Waals surface area (Å²) in [6.45, 7) is 4.36. The number of piperidine rings is 1. The molecule has 0 bridgehead atoms. The van der Waals surface area contributed by atoms with Gasteiger partial charge >= 0.3 is 0 Å².